The van der Waals surface area contributed by atoms with Gasteiger partial charge in [0.15, 0.2) is 0 Å². The lowest BCUT2D eigenvalue weighted by Gasteiger charge is -2.20. The molecule has 1 aliphatic rings. The van der Waals surface area contributed by atoms with E-state index < -0.39 is 10.0 Å². The molecule has 86 valence electrons. The molecule has 0 saturated heterocycles. The molecule has 1 aromatic carbocycles. The van der Waals surface area contributed by atoms with Crippen LogP contribution in [0.5, 0.6) is 0 Å². The molecule has 1 aliphatic heterocycles. The highest BCUT2D eigenvalue weighted by Gasteiger charge is 2.25. The number of nitrogens with zero attached hydrogens (tertiary/aromatic N) is 1. The van der Waals surface area contributed by atoms with Crippen LogP contribution in [0.1, 0.15) is 13.8 Å². The summed E-state index contributed by atoms with van der Waals surface area (Å²) in [7, 11) is -3.59. The minimum atomic E-state index is -3.59. The standard InChI is InChI=1S/C10H11ClN2O2S/c1-6(2)10-12-8-5-7(11)3-4-9(8)16(14,15)13-10/h3-6H,1-2H3,(H,12,13). The van der Waals surface area contributed by atoms with E-state index in [1.54, 1.807) is 6.07 Å². The van der Waals surface area contributed by atoms with Crippen LogP contribution in [-0.4, -0.2) is 14.3 Å². The van der Waals surface area contributed by atoms with Crippen molar-refractivity contribution in [3.63, 3.8) is 0 Å². The van der Waals surface area contributed by atoms with Crippen LogP contribution in [0.2, 0.25) is 5.02 Å². The van der Waals surface area contributed by atoms with Gasteiger partial charge in [0.25, 0.3) is 10.0 Å². The second-order valence-electron chi connectivity index (χ2n) is 3.87. The van der Waals surface area contributed by atoms with Gasteiger partial charge >= 0.3 is 0 Å². The number of fused-ring (bicyclic) bond motifs is 1. The lowest BCUT2D eigenvalue weighted by molar-refractivity contribution is 0.597. The maximum absolute atomic E-state index is 11.8. The van der Waals surface area contributed by atoms with Gasteiger partial charge in [-0.25, -0.2) is 0 Å². The average Bonchev–Trinajstić information content (AvgIpc) is 2.15. The van der Waals surface area contributed by atoms with E-state index in [-0.39, 0.29) is 10.8 Å². The summed E-state index contributed by atoms with van der Waals surface area (Å²) in [5, 5.41) is 3.47. The Hall–Kier alpha value is -1.07. The number of benzene rings is 1. The molecule has 0 fully saturated rings. The molecule has 6 heteroatoms. The lowest BCUT2D eigenvalue weighted by atomic mass is 10.2. The van der Waals surface area contributed by atoms with E-state index in [1.165, 1.54) is 12.1 Å². The van der Waals surface area contributed by atoms with E-state index in [1.807, 2.05) is 13.8 Å². The predicted octanol–water partition coefficient (Wildman–Crippen LogP) is 2.51. The van der Waals surface area contributed by atoms with Crippen molar-refractivity contribution in [1.82, 2.24) is 0 Å². The van der Waals surface area contributed by atoms with Gasteiger partial charge < -0.3 is 5.32 Å². The number of amidine groups is 1. The first-order valence-corrected chi connectivity index (χ1v) is 6.63. The molecule has 0 atom stereocenters. The molecule has 1 heterocycles. The predicted molar refractivity (Wildman–Crippen MR) is 64.5 cm³/mol. The minimum Gasteiger partial charge on any atom is -0.342 e. The first-order chi connectivity index (χ1) is 7.40. The molecule has 0 spiro atoms. The summed E-state index contributed by atoms with van der Waals surface area (Å²) in [4.78, 5) is 0.168. The summed E-state index contributed by atoms with van der Waals surface area (Å²) >= 11 is 5.82. The van der Waals surface area contributed by atoms with Crippen molar-refractivity contribution >= 4 is 33.1 Å². The van der Waals surface area contributed by atoms with E-state index >= 15 is 0 Å². The second-order valence-corrected chi connectivity index (χ2v) is 5.88. The largest absolute Gasteiger partial charge is 0.342 e. The Morgan fingerprint density at radius 3 is 2.69 bits per heavy atom. The topological polar surface area (TPSA) is 58.5 Å². The molecule has 4 nitrogen and oxygen atoms in total. The Labute approximate surface area is 99.4 Å². The molecular weight excluding hydrogens is 248 g/mol. The normalized spacial score (nSPS) is 17.6. The maximum Gasteiger partial charge on any atom is 0.286 e. The first kappa shape index (κ1) is 11.4. The molecule has 0 radical (unpaired) electrons. The van der Waals surface area contributed by atoms with Crippen LogP contribution < -0.4 is 5.32 Å². The van der Waals surface area contributed by atoms with Gasteiger partial charge in [-0.2, -0.15) is 8.42 Å². The molecule has 2 rings (SSSR count). The molecule has 1 aromatic rings. The van der Waals surface area contributed by atoms with Crippen LogP contribution in [0.15, 0.2) is 27.5 Å². The summed E-state index contributed by atoms with van der Waals surface area (Å²) in [6, 6.07) is 4.58. The minimum absolute atomic E-state index is 0.0157. The molecule has 0 aromatic heterocycles. The summed E-state index contributed by atoms with van der Waals surface area (Å²) in [6.45, 7) is 3.74. The molecule has 0 amide bonds. The lowest BCUT2D eigenvalue weighted by Crippen LogP contribution is -2.25. The fraction of sp³-hybridized carbons (Fsp3) is 0.300. The van der Waals surface area contributed by atoms with E-state index in [0.29, 0.717) is 16.5 Å². The fourth-order valence-electron chi connectivity index (χ4n) is 1.41. The van der Waals surface area contributed by atoms with E-state index in [2.05, 4.69) is 9.71 Å². The van der Waals surface area contributed by atoms with Crippen LogP contribution in [0.3, 0.4) is 0 Å². The highest BCUT2D eigenvalue weighted by molar-refractivity contribution is 7.90. The third-order valence-corrected chi connectivity index (χ3v) is 3.83. The van der Waals surface area contributed by atoms with Crippen molar-refractivity contribution in [3.8, 4) is 0 Å². The van der Waals surface area contributed by atoms with Crippen LogP contribution in [0.4, 0.5) is 5.69 Å². The van der Waals surface area contributed by atoms with E-state index in [0.717, 1.165) is 0 Å². The zero-order valence-corrected chi connectivity index (χ0v) is 10.4. The smallest absolute Gasteiger partial charge is 0.286 e. The van der Waals surface area contributed by atoms with Crippen LogP contribution in [0.25, 0.3) is 0 Å². The number of hydrogen-bond donors (Lipinski definition) is 1. The first-order valence-electron chi connectivity index (χ1n) is 4.81. The molecule has 0 aliphatic carbocycles. The Morgan fingerprint density at radius 2 is 2.06 bits per heavy atom. The van der Waals surface area contributed by atoms with Crippen LogP contribution in [-0.2, 0) is 10.0 Å². The SMILES string of the molecule is CC(C)C1=NS(=O)(=O)c2ccc(Cl)cc2N1. The summed E-state index contributed by atoms with van der Waals surface area (Å²) in [6.07, 6.45) is 0. The Kier molecular flexibility index (Phi) is 2.67. The van der Waals surface area contributed by atoms with Crippen molar-refractivity contribution in [2.45, 2.75) is 18.7 Å². The number of halogens is 1. The van der Waals surface area contributed by atoms with Crippen LogP contribution >= 0.6 is 11.6 Å². The van der Waals surface area contributed by atoms with Crippen molar-refractivity contribution < 1.29 is 8.42 Å². The molecule has 0 bridgehead atoms. The zero-order valence-electron chi connectivity index (χ0n) is 8.86. The van der Waals surface area contributed by atoms with Crippen molar-refractivity contribution in [2.24, 2.45) is 10.3 Å². The summed E-state index contributed by atoms with van der Waals surface area (Å²) in [5.74, 6) is 0.455. The zero-order chi connectivity index (χ0) is 11.9. The van der Waals surface area contributed by atoms with Gasteiger partial charge in [-0.1, -0.05) is 25.4 Å². The third-order valence-electron chi connectivity index (χ3n) is 2.25. The Morgan fingerprint density at radius 1 is 1.38 bits per heavy atom. The molecular formula is C10H11ClN2O2S. The number of nitrogens with one attached hydrogen (secondary N) is 1. The summed E-state index contributed by atoms with van der Waals surface area (Å²) in [5.41, 5.74) is 0.492. The van der Waals surface area contributed by atoms with Gasteiger partial charge in [0.1, 0.15) is 10.7 Å². The number of rotatable bonds is 1. The molecule has 16 heavy (non-hydrogen) atoms. The Balaban J connectivity index is 2.61. The van der Waals surface area contributed by atoms with Crippen molar-refractivity contribution in [3.05, 3.63) is 23.2 Å². The van der Waals surface area contributed by atoms with E-state index in [9.17, 15) is 8.42 Å². The highest BCUT2D eigenvalue weighted by atomic mass is 35.5. The highest BCUT2D eigenvalue weighted by Crippen LogP contribution is 2.30. The monoisotopic (exact) mass is 258 g/mol. The number of hydrogen-bond acceptors (Lipinski definition) is 3. The molecule has 0 unspecified atom stereocenters. The second kappa shape index (κ2) is 3.75. The van der Waals surface area contributed by atoms with Crippen molar-refractivity contribution in [2.75, 3.05) is 5.32 Å². The van der Waals surface area contributed by atoms with Gasteiger partial charge in [0.2, 0.25) is 0 Å². The van der Waals surface area contributed by atoms with E-state index in [4.69, 9.17) is 11.6 Å². The quantitative estimate of drug-likeness (QED) is 0.842. The summed E-state index contributed by atoms with van der Waals surface area (Å²) < 4.78 is 27.4. The molecule has 1 N–H and O–H groups in total. The maximum atomic E-state index is 11.8. The van der Waals surface area contributed by atoms with Gasteiger partial charge in [0, 0.05) is 10.9 Å². The number of anilines is 1. The van der Waals surface area contributed by atoms with Crippen molar-refractivity contribution in [1.29, 1.82) is 0 Å². The third kappa shape index (κ3) is 1.92. The Bertz CT molecular complexity index is 564. The molecule has 0 saturated carbocycles. The average molecular weight is 259 g/mol. The van der Waals surface area contributed by atoms with Gasteiger partial charge in [-0.15, -0.1) is 4.40 Å². The fourth-order valence-corrected chi connectivity index (χ4v) is 2.83. The van der Waals surface area contributed by atoms with Crippen LogP contribution in [0, 0.1) is 5.92 Å². The van der Waals surface area contributed by atoms with Gasteiger partial charge in [-0.3, -0.25) is 0 Å². The number of sulfonamides is 1. The van der Waals surface area contributed by atoms with Gasteiger partial charge in [0.05, 0.1) is 5.69 Å². The van der Waals surface area contributed by atoms with Gasteiger partial charge in [-0.05, 0) is 18.2 Å².